The molecule has 0 unspecified atom stereocenters. The van der Waals surface area contributed by atoms with Gasteiger partial charge >= 0.3 is 11.7 Å². The maximum atomic E-state index is 12.9. The van der Waals surface area contributed by atoms with Crippen molar-refractivity contribution in [2.75, 3.05) is 25.0 Å². The van der Waals surface area contributed by atoms with Crippen molar-refractivity contribution in [3.63, 3.8) is 0 Å². The van der Waals surface area contributed by atoms with Gasteiger partial charge in [0.05, 0.1) is 29.8 Å². The number of aliphatic hydroxyl groups excluding tert-OH is 1. The number of carbonyl (C=O) groups is 1. The first-order chi connectivity index (χ1) is 29.9. The number of aliphatic hydroxyl groups is 1. The van der Waals surface area contributed by atoms with Crippen LogP contribution in [0, 0.1) is 0 Å². The van der Waals surface area contributed by atoms with Crippen molar-refractivity contribution in [2.45, 2.75) is 57.0 Å². The second kappa shape index (κ2) is 18.4. The summed E-state index contributed by atoms with van der Waals surface area (Å²) in [5, 5.41) is 15.6. The Morgan fingerprint density at radius 1 is 0.738 bits per heavy atom. The molecule has 11 heteroatoms. The van der Waals surface area contributed by atoms with Crippen molar-refractivity contribution in [3.05, 3.63) is 184 Å². The van der Waals surface area contributed by atoms with Gasteiger partial charge in [0.25, 0.3) is 0 Å². The Morgan fingerprint density at radius 3 is 2.25 bits per heavy atom. The second-order valence-electron chi connectivity index (χ2n) is 15.8. The van der Waals surface area contributed by atoms with Gasteiger partial charge in [-0.1, -0.05) is 91.0 Å². The van der Waals surface area contributed by atoms with Crippen molar-refractivity contribution in [1.82, 2.24) is 19.8 Å². The van der Waals surface area contributed by atoms with Crippen molar-refractivity contribution >= 4 is 22.8 Å². The molecule has 2 saturated heterocycles. The molecule has 0 radical (unpaired) electrons. The van der Waals surface area contributed by atoms with E-state index in [2.05, 4.69) is 44.8 Å². The molecule has 2 aliphatic rings. The van der Waals surface area contributed by atoms with Gasteiger partial charge in [-0.3, -0.25) is 4.57 Å². The highest BCUT2D eigenvalue weighted by Gasteiger charge is 2.34. The highest BCUT2D eigenvalue weighted by Crippen LogP contribution is 2.40. The van der Waals surface area contributed by atoms with E-state index in [0.717, 1.165) is 82.6 Å². The lowest BCUT2D eigenvalue weighted by atomic mass is 9.97. The summed E-state index contributed by atoms with van der Waals surface area (Å²) in [6, 6.07) is 48.9. The molecule has 3 atom stereocenters. The highest BCUT2D eigenvalue weighted by molar-refractivity contribution is 5.89. The molecular weight excluding hydrogens is 767 g/mol. The Kier molecular flexibility index (Phi) is 12.1. The molecule has 0 aliphatic carbocycles. The fourth-order valence-corrected chi connectivity index (χ4v) is 8.43. The standard InChI is InChI=1S/C50H49N5O6/c56-33-34-16-18-36(19-17-34)47-30-44(32-54-26-24-41(25-27-54)55-46-15-5-4-14-45(46)53-50(55)58)60-48(61-47)39-11-7-10-38(29-39)37-9-6-8-35(28-37)31-51-49(57)52-40-20-22-43(23-21-40)59-42-12-2-1-3-13-42/h1-23,28-29,41,44,47-48,56H,24-27,30-33H2,(H,53,58)(H2,51,52,57)/t44-,47+,48+/m1/s1. The van der Waals surface area contributed by atoms with E-state index in [1.165, 1.54) is 0 Å². The van der Waals surface area contributed by atoms with Crippen LogP contribution in [0.25, 0.3) is 22.2 Å². The Bertz CT molecular complexity index is 2620. The molecule has 1 aromatic heterocycles. The third-order valence-corrected chi connectivity index (χ3v) is 11.6. The number of aromatic nitrogens is 2. The zero-order chi connectivity index (χ0) is 41.5. The number of rotatable bonds is 12. The molecule has 61 heavy (non-hydrogen) atoms. The minimum absolute atomic E-state index is 0.0153. The molecule has 7 aromatic rings. The van der Waals surface area contributed by atoms with Gasteiger partial charge in [0.1, 0.15) is 11.5 Å². The number of likely N-dealkylation sites (tertiary alicyclic amines) is 1. The molecule has 11 nitrogen and oxygen atoms in total. The monoisotopic (exact) mass is 815 g/mol. The van der Waals surface area contributed by atoms with Gasteiger partial charge in [0.15, 0.2) is 6.29 Å². The van der Waals surface area contributed by atoms with Crippen LogP contribution in [-0.4, -0.2) is 51.3 Å². The van der Waals surface area contributed by atoms with Gasteiger partial charge in [-0.05, 0) is 101 Å². The Morgan fingerprint density at radius 2 is 1.46 bits per heavy atom. The van der Waals surface area contributed by atoms with Crippen LogP contribution in [-0.2, 0) is 22.6 Å². The number of nitrogens with one attached hydrogen (secondary N) is 3. The molecule has 6 aromatic carbocycles. The van der Waals surface area contributed by atoms with Crippen LogP contribution in [0.1, 0.15) is 60.0 Å². The lowest BCUT2D eigenvalue weighted by molar-refractivity contribution is -0.253. The predicted molar refractivity (Wildman–Crippen MR) is 236 cm³/mol. The summed E-state index contributed by atoms with van der Waals surface area (Å²) >= 11 is 0. The van der Waals surface area contributed by atoms with Crippen molar-refractivity contribution in [1.29, 1.82) is 0 Å². The molecule has 0 bridgehead atoms. The normalized spacial score (nSPS) is 18.5. The van der Waals surface area contributed by atoms with Crippen LogP contribution < -0.4 is 21.1 Å². The summed E-state index contributed by atoms with van der Waals surface area (Å²) in [7, 11) is 0. The highest BCUT2D eigenvalue weighted by atomic mass is 16.7. The number of benzene rings is 6. The number of hydrogen-bond donors (Lipinski definition) is 4. The third kappa shape index (κ3) is 9.61. The molecular formula is C50H49N5O6. The summed E-state index contributed by atoms with van der Waals surface area (Å²) < 4.78 is 21.3. The van der Waals surface area contributed by atoms with Crippen molar-refractivity contribution in [2.24, 2.45) is 0 Å². The van der Waals surface area contributed by atoms with Crippen LogP contribution >= 0.6 is 0 Å². The van der Waals surface area contributed by atoms with Gasteiger partial charge < -0.3 is 39.8 Å². The molecule has 0 saturated carbocycles. The summed E-state index contributed by atoms with van der Waals surface area (Å²) in [5.74, 6) is 1.43. The van der Waals surface area contributed by atoms with Gasteiger partial charge in [-0.2, -0.15) is 0 Å². The quantitative estimate of drug-likeness (QED) is 0.0967. The number of anilines is 1. The van der Waals surface area contributed by atoms with Crippen LogP contribution in [0.5, 0.6) is 11.5 Å². The van der Waals surface area contributed by atoms with Crippen LogP contribution in [0.15, 0.2) is 156 Å². The van der Waals surface area contributed by atoms with E-state index >= 15 is 0 Å². The Balaban J connectivity index is 0.851. The predicted octanol–water partition coefficient (Wildman–Crippen LogP) is 9.49. The minimum atomic E-state index is -0.601. The smallest absolute Gasteiger partial charge is 0.326 e. The topological polar surface area (TPSA) is 130 Å². The Hall–Kier alpha value is -6.50. The van der Waals surface area contributed by atoms with Crippen LogP contribution in [0.3, 0.4) is 0 Å². The van der Waals surface area contributed by atoms with E-state index in [1.54, 1.807) is 0 Å². The van der Waals surface area contributed by atoms with Gasteiger partial charge in [0.2, 0.25) is 0 Å². The number of amides is 2. The molecule has 2 fully saturated rings. The molecule has 310 valence electrons. The average Bonchev–Trinajstić information content (AvgIpc) is 3.65. The zero-order valence-corrected chi connectivity index (χ0v) is 33.8. The number of piperidine rings is 1. The van der Waals surface area contributed by atoms with Crippen LogP contribution in [0.2, 0.25) is 0 Å². The summed E-state index contributed by atoms with van der Waals surface area (Å²) in [6.45, 7) is 2.79. The fraction of sp³-hybridized carbons (Fsp3) is 0.240. The van der Waals surface area contributed by atoms with E-state index in [4.69, 9.17) is 14.2 Å². The second-order valence-corrected chi connectivity index (χ2v) is 15.8. The first-order valence-corrected chi connectivity index (χ1v) is 20.9. The molecule has 0 spiro atoms. The molecule has 9 rings (SSSR count). The summed E-state index contributed by atoms with van der Waals surface area (Å²) in [4.78, 5) is 31.3. The summed E-state index contributed by atoms with van der Waals surface area (Å²) in [6.07, 6.45) is 1.53. The number of nitrogens with zero attached hydrogens (tertiary/aromatic N) is 2. The SMILES string of the molecule is O=C(NCc1cccc(-c2cccc([C@H]3O[C@@H](CN4CCC(n5c(=O)[nH]c6ccccc65)CC4)C[C@@H](c4ccc(CO)cc4)O3)c2)c1)Nc1ccc(Oc2ccccc2)cc1. The van der Waals surface area contributed by atoms with E-state index in [-0.39, 0.29) is 36.6 Å². The fourth-order valence-electron chi connectivity index (χ4n) is 8.43. The van der Waals surface area contributed by atoms with Crippen LogP contribution in [0.4, 0.5) is 10.5 Å². The number of H-pyrrole nitrogens is 1. The van der Waals surface area contributed by atoms with Gasteiger partial charge in [-0.15, -0.1) is 0 Å². The molecule has 4 N–H and O–H groups in total. The summed E-state index contributed by atoms with van der Waals surface area (Å²) in [5.41, 5.74) is 8.23. The third-order valence-electron chi connectivity index (χ3n) is 11.6. The zero-order valence-electron chi connectivity index (χ0n) is 33.8. The number of fused-ring (bicyclic) bond motifs is 1. The number of imidazole rings is 1. The van der Waals surface area contributed by atoms with E-state index in [1.807, 2.05) is 132 Å². The number of urea groups is 1. The number of hydrogen-bond acceptors (Lipinski definition) is 7. The van der Waals surface area contributed by atoms with Gasteiger partial charge in [0, 0.05) is 49.9 Å². The molecule has 2 amide bonds. The van der Waals surface area contributed by atoms with E-state index in [9.17, 15) is 14.7 Å². The first kappa shape index (κ1) is 39.9. The number of para-hydroxylation sites is 3. The van der Waals surface area contributed by atoms with Crippen molar-refractivity contribution < 1.29 is 24.1 Å². The molecule has 2 aliphatic heterocycles. The lowest BCUT2D eigenvalue weighted by Crippen LogP contribution is -2.43. The first-order valence-electron chi connectivity index (χ1n) is 20.9. The van der Waals surface area contributed by atoms with E-state index in [0.29, 0.717) is 24.4 Å². The average molecular weight is 816 g/mol. The maximum absolute atomic E-state index is 12.9. The van der Waals surface area contributed by atoms with E-state index < -0.39 is 6.29 Å². The minimum Gasteiger partial charge on any atom is -0.457 e. The van der Waals surface area contributed by atoms with Gasteiger partial charge in [-0.25, -0.2) is 9.59 Å². The largest absolute Gasteiger partial charge is 0.457 e. The number of aromatic amines is 1. The Labute approximate surface area is 354 Å². The maximum Gasteiger partial charge on any atom is 0.326 e. The lowest BCUT2D eigenvalue weighted by Gasteiger charge is -2.40. The van der Waals surface area contributed by atoms with Crippen molar-refractivity contribution in [3.8, 4) is 22.6 Å². The number of carbonyl (C=O) groups excluding carboxylic acids is 1. The number of ether oxygens (including phenoxy) is 3. The molecule has 3 heterocycles.